The van der Waals surface area contributed by atoms with Crippen molar-refractivity contribution in [1.82, 2.24) is 10.3 Å². The number of hydrogen-bond acceptors (Lipinski definition) is 9. The van der Waals surface area contributed by atoms with Crippen molar-refractivity contribution in [2.45, 2.75) is 31.6 Å². The van der Waals surface area contributed by atoms with Crippen molar-refractivity contribution in [3.05, 3.63) is 57.0 Å². The van der Waals surface area contributed by atoms with Gasteiger partial charge in [-0.15, -0.1) is 0 Å². The molecule has 9 nitrogen and oxygen atoms in total. The predicted octanol–water partition coefficient (Wildman–Crippen LogP) is 3.25. The summed E-state index contributed by atoms with van der Waals surface area (Å²) in [5.74, 6) is -0.139. The Balaban J connectivity index is 1.66. The van der Waals surface area contributed by atoms with Crippen LogP contribution in [0, 0.1) is 16.0 Å². The topological polar surface area (TPSA) is 106 Å². The van der Waals surface area contributed by atoms with Crippen LogP contribution in [-0.2, 0) is 9.53 Å². The Morgan fingerprint density at radius 1 is 1.33 bits per heavy atom. The number of nitro groups is 1. The Hall–Kier alpha value is -2.98. The molecule has 4 atom stereocenters. The fraction of sp³-hybridized carbons (Fsp3) is 0.400. The molecule has 4 rings (SSSR count). The average molecular weight is 430 g/mol. The molecule has 158 valence electrons. The molecule has 1 N–H and O–H groups in total. The monoisotopic (exact) mass is 430 g/mol. The van der Waals surface area contributed by atoms with Crippen LogP contribution in [0.15, 0.2) is 41.5 Å². The number of carbonyl (C=O) groups excluding carboxylic acids is 1. The summed E-state index contributed by atoms with van der Waals surface area (Å²) in [5, 5.41) is 21.1. The first-order valence-corrected chi connectivity index (χ1v) is 10.5. The zero-order chi connectivity index (χ0) is 21.3. The van der Waals surface area contributed by atoms with Crippen molar-refractivity contribution in [2.75, 3.05) is 13.7 Å². The maximum Gasteiger partial charge on any atom is 0.324 e. The van der Waals surface area contributed by atoms with E-state index in [0.29, 0.717) is 13.0 Å². The molecule has 4 unspecified atom stereocenters. The molecule has 1 aromatic heterocycles. The third-order valence-corrected chi connectivity index (χ3v) is 6.48. The van der Waals surface area contributed by atoms with Gasteiger partial charge in [-0.2, -0.15) is 5.10 Å². The highest BCUT2D eigenvalue weighted by Gasteiger charge is 2.46. The second-order valence-electron chi connectivity index (χ2n) is 7.04. The van der Waals surface area contributed by atoms with Crippen molar-refractivity contribution >= 4 is 28.5 Å². The molecule has 2 aliphatic heterocycles. The lowest BCUT2D eigenvalue weighted by molar-refractivity contribution is -0.380. The third-order valence-electron chi connectivity index (χ3n) is 5.33. The number of nitrogens with zero attached hydrogens (tertiary/aromatic N) is 3. The number of methoxy groups -OCH3 is 1. The van der Waals surface area contributed by atoms with Crippen molar-refractivity contribution in [3.8, 4) is 5.75 Å². The number of carbonyl (C=O) groups is 1. The largest absolute Gasteiger partial charge is 0.497 e. The molecule has 2 aliphatic rings. The quantitative estimate of drug-likeness (QED) is 0.426. The minimum absolute atomic E-state index is 0.0971. The van der Waals surface area contributed by atoms with E-state index in [-0.39, 0.29) is 28.0 Å². The molecular formula is C20H22N4O5S. The van der Waals surface area contributed by atoms with E-state index < -0.39 is 12.1 Å². The van der Waals surface area contributed by atoms with Gasteiger partial charge in [-0.25, -0.2) is 0 Å². The van der Waals surface area contributed by atoms with Gasteiger partial charge in [-0.3, -0.25) is 25.2 Å². The molecule has 30 heavy (non-hydrogen) atoms. The number of ether oxygens (including phenoxy) is 2. The fourth-order valence-corrected chi connectivity index (χ4v) is 4.79. The van der Waals surface area contributed by atoms with Crippen LogP contribution in [0.2, 0.25) is 0 Å². The SMILES string of the molecule is CCOC(=O)C1C=NN2C(c3ccc(OC)cc3)CC(c3ccc([N+](=O)[O-])s3)NC12. The van der Waals surface area contributed by atoms with Gasteiger partial charge in [0.15, 0.2) is 0 Å². The summed E-state index contributed by atoms with van der Waals surface area (Å²) in [6, 6.07) is 10.8. The van der Waals surface area contributed by atoms with E-state index in [1.54, 1.807) is 26.3 Å². The number of hydrazone groups is 1. The smallest absolute Gasteiger partial charge is 0.324 e. The first-order valence-electron chi connectivity index (χ1n) is 9.65. The van der Waals surface area contributed by atoms with Crippen LogP contribution < -0.4 is 10.1 Å². The highest BCUT2D eigenvalue weighted by Crippen LogP contribution is 2.43. The van der Waals surface area contributed by atoms with Crippen molar-refractivity contribution in [2.24, 2.45) is 11.0 Å². The minimum Gasteiger partial charge on any atom is -0.497 e. The van der Waals surface area contributed by atoms with E-state index >= 15 is 0 Å². The molecule has 0 bridgehead atoms. The van der Waals surface area contributed by atoms with E-state index in [9.17, 15) is 14.9 Å². The van der Waals surface area contributed by atoms with E-state index in [1.807, 2.05) is 29.3 Å². The Morgan fingerprint density at radius 3 is 2.73 bits per heavy atom. The van der Waals surface area contributed by atoms with Crippen LogP contribution in [0.1, 0.15) is 35.9 Å². The third kappa shape index (κ3) is 3.75. The zero-order valence-electron chi connectivity index (χ0n) is 16.6. The van der Waals surface area contributed by atoms with Gasteiger partial charge in [0.05, 0.1) is 24.7 Å². The van der Waals surface area contributed by atoms with Gasteiger partial charge in [-0.05, 0) is 37.1 Å². The second kappa shape index (κ2) is 8.41. The summed E-state index contributed by atoms with van der Waals surface area (Å²) in [5.41, 5.74) is 1.03. The Morgan fingerprint density at radius 2 is 2.10 bits per heavy atom. The lowest BCUT2D eigenvalue weighted by atomic mass is 9.92. The zero-order valence-corrected chi connectivity index (χ0v) is 17.4. The Labute approximate surface area is 177 Å². The number of hydrogen-bond donors (Lipinski definition) is 1. The van der Waals surface area contributed by atoms with Gasteiger partial charge < -0.3 is 9.47 Å². The van der Waals surface area contributed by atoms with Gasteiger partial charge in [0.25, 0.3) is 0 Å². The number of fused-ring (bicyclic) bond motifs is 1. The molecule has 10 heteroatoms. The standard InChI is InChI=1S/C20H22N4O5S/c1-3-29-20(25)14-11-21-23-16(12-4-6-13(28-2)7-5-12)10-15(22-19(14)23)17-8-9-18(30-17)24(26)27/h4-9,11,14-16,19,22H,3,10H2,1-2H3. The van der Waals surface area contributed by atoms with Gasteiger partial charge in [0, 0.05) is 23.2 Å². The molecule has 0 radical (unpaired) electrons. The summed E-state index contributed by atoms with van der Waals surface area (Å²) in [6.45, 7) is 2.06. The van der Waals surface area contributed by atoms with Crippen LogP contribution in [0.5, 0.6) is 5.75 Å². The highest BCUT2D eigenvalue weighted by molar-refractivity contribution is 7.15. The maximum absolute atomic E-state index is 12.5. The molecule has 2 aromatic rings. The lowest BCUT2D eigenvalue weighted by Crippen LogP contribution is -2.54. The van der Waals surface area contributed by atoms with Gasteiger partial charge in [0.1, 0.15) is 17.8 Å². The number of thiophene rings is 1. The number of benzene rings is 1. The van der Waals surface area contributed by atoms with Crippen molar-refractivity contribution in [1.29, 1.82) is 0 Å². The molecular weight excluding hydrogens is 408 g/mol. The summed E-state index contributed by atoms with van der Waals surface area (Å²) in [6.07, 6.45) is 1.87. The summed E-state index contributed by atoms with van der Waals surface area (Å²) < 4.78 is 10.5. The Bertz CT molecular complexity index is 960. The van der Waals surface area contributed by atoms with Crippen LogP contribution in [0.3, 0.4) is 0 Å². The van der Waals surface area contributed by atoms with Crippen LogP contribution in [0.25, 0.3) is 0 Å². The van der Waals surface area contributed by atoms with Crippen molar-refractivity contribution < 1.29 is 19.2 Å². The van der Waals surface area contributed by atoms with Crippen LogP contribution in [-0.4, -0.2) is 42.0 Å². The van der Waals surface area contributed by atoms with Crippen LogP contribution in [0.4, 0.5) is 5.00 Å². The van der Waals surface area contributed by atoms with Gasteiger partial charge in [0.2, 0.25) is 0 Å². The number of nitrogens with one attached hydrogen (secondary N) is 1. The molecule has 0 amide bonds. The average Bonchev–Trinajstić information content (AvgIpc) is 3.41. The number of rotatable bonds is 6. The number of esters is 1. The molecule has 1 aromatic carbocycles. The molecule has 0 saturated carbocycles. The first-order chi connectivity index (χ1) is 14.5. The van der Waals surface area contributed by atoms with Crippen molar-refractivity contribution in [3.63, 3.8) is 0 Å². The first kappa shape index (κ1) is 20.3. The predicted molar refractivity (Wildman–Crippen MR) is 111 cm³/mol. The molecule has 0 spiro atoms. The summed E-state index contributed by atoms with van der Waals surface area (Å²) in [7, 11) is 1.62. The van der Waals surface area contributed by atoms with E-state index in [4.69, 9.17) is 9.47 Å². The summed E-state index contributed by atoms with van der Waals surface area (Å²) >= 11 is 1.15. The minimum atomic E-state index is -0.552. The normalized spacial score (nSPS) is 25.1. The molecule has 1 fully saturated rings. The van der Waals surface area contributed by atoms with Gasteiger partial charge in [-0.1, -0.05) is 23.5 Å². The second-order valence-corrected chi connectivity index (χ2v) is 8.14. The maximum atomic E-state index is 12.5. The highest BCUT2D eigenvalue weighted by atomic mass is 32.1. The van der Waals surface area contributed by atoms with E-state index in [1.165, 1.54) is 6.07 Å². The van der Waals surface area contributed by atoms with Gasteiger partial charge >= 0.3 is 11.0 Å². The molecule has 1 saturated heterocycles. The van der Waals surface area contributed by atoms with Crippen LogP contribution >= 0.6 is 11.3 Å². The van der Waals surface area contributed by atoms with E-state index in [2.05, 4.69) is 10.4 Å². The Kier molecular flexibility index (Phi) is 5.69. The molecule has 0 aliphatic carbocycles. The summed E-state index contributed by atoms with van der Waals surface area (Å²) in [4.78, 5) is 24.1. The van der Waals surface area contributed by atoms with E-state index in [0.717, 1.165) is 27.5 Å². The molecule has 3 heterocycles. The fourth-order valence-electron chi connectivity index (χ4n) is 3.90. The lowest BCUT2D eigenvalue weighted by Gasteiger charge is -2.43.